The number of nitrogens with zero attached hydrogens (tertiary/aromatic N) is 1. The van der Waals surface area contributed by atoms with Crippen LogP contribution in [0.1, 0.15) is 36.5 Å². The second-order valence-corrected chi connectivity index (χ2v) is 7.88. The van der Waals surface area contributed by atoms with Crippen LogP contribution in [0.5, 0.6) is 11.5 Å². The molecule has 0 fully saturated rings. The van der Waals surface area contributed by atoms with E-state index in [1.807, 2.05) is 13.0 Å². The Morgan fingerprint density at radius 1 is 1.14 bits per heavy atom. The highest BCUT2D eigenvalue weighted by Gasteiger charge is 2.11. The van der Waals surface area contributed by atoms with Gasteiger partial charge in [-0.2, -0.15) is 5.10 Å². The third-order valence-corrected chi connectivity index (χ3v) is 4.86. The third kappa shape index (κ3) is 7.07. The minimum Gasteiger partial charge on any atom is -0.490 e. The molecule has 2 rings (SSSR count). The molecule has 156 valence electrons. The molecule has 0 atom stereocenters. The first-order chi connectivity index (χ1) is 13.8. The highest BCUT2D eigenvalue weighted by Crippen LogP contribution is 2.34. The quantitative estimate of drug-likeness (QED) is 0.245. The zero-order chi connectivity index (χ0) is 21.4. The number of rotatable bonds is 8. The van der Waals surface area contributed by atoms with Crippen LogP contribution in [-0.4, -0.2) is 31.6 Å². The highest BCUT2D eigenvalue weighted by molar-refractivity contribution is 7.80. The van der Waals surface area contributed by atoms with Crippen molar-refractivity contribution in [3.8, 4) is 11.5 Å². The van der Waals surface area contributed by atoms with Gasteiger partial charge >= 0.3 is 0 Å². The molecule has 5 nitrogen and oxygen atoms in total. The van der Waals surface area contributed by atoms with Gasteiger partial charge in [0.1, 0.15) is 19.0 Å². The minimum absolute atomic E-state index is 0.316. The topological polar surface area (TPSA) is 54.9 Å². The fourth-order valence-electron chi connectivity index (χ4n) is 2.55. The Bertz CT molecular complexity index is 865. The van der Waals surface area contributed by atoms with Gasteiger partial charge in [-0.1, -0.05) is 49.2 Å². The molecule has 8 heteroatoms. The number of hydrogen-bond acceptors (Lipinski definition) is 4. The summed E-state index contributed by atoms with van der Waals surface area (Å²) >= 11 is 17.6. The van der Waals surface area contributed by atoms with Crippen LogP contribution in [0, 0.1) is 6.92 Å². The number of aryl methyl sites for hydroxylation is 1. The average Bonchev–Trinajstić information content (AvgIpc) is 2.66. The number of nitrogens with one attached hydrogen (secondary N) is 2. The summed E-state index contributed by atoms with van der Waals surface area (Å²) in [5.74, 6) is 1.67. The van der Waals surface area contributed by atoms with Gasteiger partial charge in [-0.15, -0.1) is 0 Å². The summed E-state index contributed by atoms with van der Waals surface area (Å²) in [6.07, 6.45) is 1.57. The van der Waals surface area contributed by atoms with Crippen molar-refractivity contribution >= 4 is 46.7 Å². The van der Waals surface area contributed by atoms with E-state index in [4.69, 9.17) is 44.9 Å². The van der Waals surface area contributed by atoms with Crippen LogP contribution in [0.25, 0.3) is 0 Å². The Balaban J connectivity index is 1.96. The van der Waals surface area contributed by atoms with Crippen molar-refractivity contribution in [1.29, 1.82) is 0 Å². The fourth-order valence-corrected chi connectivity index (χ4v) is 3.22. The summed E-state index contributed by atoms with van der Waals surface area (Å²) in [4.78, 5) is 0. The van der Waals surface area contributed by atoms with E-state index in [2.05, 4.69) is 41.8 Å². The predicted molar refractivity (Wildman–Crippen MR) is 125 cm³/mol. The summed E-state index contributed by atoms with van der Waals surface area (Å²) in [6.45, 7) is 7.01. The van der Waals surface area contributed by atoms with Gasteiger partial charge in [-0.25, -0.2) is 0 Å². The molecule has 0 aliphatic carbocycles. The number of hydrazone groups is 1. The molecule has 0 unspecified atom stereocenters. The Labute approximate surface area is 187 Å². The van der Waals surface area contributed by atoms with Crippen LogP contribution in [0.15, 0.2) is 35.4 Å². The Morgan fingerprint density at radius 3 is 2.41 bits per heavy atom. The van der Waals surface area contributed by atoms with E-state index in [0.717, 1.165) is 16.9 Å². The lowest BCUT2D eigenvalue weighted by Gasteiger charge is -2.16. The maximum Gasteiger partial charge on any atom is 0.186 e. The monoisotopic (exact) mass is 453 g/mol. The van der Waals surface area contributed by atoms with Crippen LogP contribution in [0.3, 0.4) is 0 Å². The van der Waals surface area contributed by atoms with E-state index < -0.39 is 0 Å². The third-order valence-electron chi connectivity index (χ3n) is 4.01. The molecule has 0 heterocycles. The molecule has 2 aromatic carbocycles. The van der Waals surface area contributed by atoms with Crippen LogP contribution in [0.2, 0.25) is 10.0 Å². The Morgan fingerprint density at radius 2 is 1.79 bits per heavy atom. The predicted octanol–water partition coefficient (Wildman–Crippen LogP) is 5.31. The number of halogens is 2. The summed E-state index contributed by atoms with van der Waals surface area (Å²) in [5, 5.41) is 7.97. The van der Waals surface area contributed by atoms with Gasteiger partial charge in [0.15, 0.2) is 10.9 Å². The first-order valence-corrected chi connectivity index (χ1v) is 10.3. The molecule has 29 heavy (non-hydrogen) atoms. The van der Waals surface area contributed by atoms with Crippen LogP contribution >= 0.6 is 35.4 Å². The van der Waals surface area contributed by atoms with Gasteiger partial charge < -0.3 is 14.8 Å². The second kappa shape index (κ2) is 11.2. The lowest BCUT2D eigenvalue weighted by Crippen LogP contribution is -2.28. The van der Waals surface area contributed by atoms with Crippen molar-refractivity contribution in [2.24, 2.45) is 5.10 Å². The summed E-state index contributed by atoms with van der Waals surface area (Å²) in [6, 6.07) is 9.66. The molecule has 0 bridgehead atoms. The molecular weight excluding hydrogens is 429 g/mol. The van der Waals surface area contributed by atoms with Crippen molar-refractivity contribution < 1.29 is 9.47 Å². The number of hydrogen-bond donors (Lipinski definition) is 2. The number of ether oxygens (including phenoxy) is 2. The zero-order valence-corrected chi connectivity index (χ0v) is 19.2. The van der Waals surface area contributed by atoms with Gasteiger partial charge in [0.25, 0.3) is 0 Å². The zero-order valence-electron chi connectivity index (χ0n) is 16.9. The largest absolute Gasteiger partial charge is 0.490 e. The molecule has 0 amide bonds. The molecule has 0 spiro atoms. The van der Waals surface area contributed by atoms with E-state index in [-0.39, 0.29) is 0 Å². The smallest absolute Gasteiger partial charge is 0.186 e. The normalized spacial score (nSPS) is 11.0. The van der Waals surface area contributed by atoms with Gasteiger partial charge in [-0.3, -0.25) is 5.43 Å². The molecule has 0 saturated heterocycles. The van der Waals surface area contributed by atoms with E-state index in [1.54, 1.807) is 25.4 Å². The lowest BCUT2D eigenvalue weighted by atomic mass is 10.0. The van der Waals surface area contributed by atoms with Crippen molar-refractivity contribution in [3.63, 3.8) is 0 Å². The first kappa shape index (κ1) is 23.3. The van der Waals surface area contributed by atoms with E-state index >= 15 is 0 Å². The van der Waals surface area contributed by atoms with Crippen molar-refractivity contribution in [2.45, 2.75) is 26.7 Å². The number of benzene rings is 2. The highest BCUT2D eigenvalue weighted by atomic mass is 35.5. The maximum atomic E-state index is 6.32. The minimum atomic E-state index is 0.316. The lowest BCUT2D eigenvalue weighted by molar-refractivity contribution is 0.215. The molecular formula is C21H25Cl2N3O2S. The Hall–Kier alpha value is -2.02. The van der Waals surface area contributed by atoms with Crippen molar-refractivity contribution in [1.82, 2.24) is 10.7 Å². The first-order valence-electron chi connectivity index (χ1n) is 9.17. The maximum absolute atomic E-state index is 6.32. The van der Waals surface area contributed by atoms with Crippen molar-refractivity contribution in [3.05, 3.63) is 57.1 Å². The Kier molecular flexibility index (Phi) is 9.01. The fraction of sp³-hybridized carbons (Fsp3) is 0.333. The standard InChI is InChI=1S/C21H25Cl2N3O2S/c1-13(2)16-6-5-14(3)9-19(16)27-7-8-28-20-17(22)10-15(11-18(20)23)12-25-26-21(29)24-4/h5-6,9-13H,7-8H2,1-4H3,(H2,24,26,29). The van der Waals surface area contributed by atoms with E-state index in [1.165, 1.54) is 5.56 Å². The summed E-state index contributed by atoms with van der Waals surface area (Å²) in [5.41, 5.74) is 5.70. The van der Waals surface area contributed by atoms with Gasteiger partial charge in [0.05, 0.1) is 16.3 Å². The molecule has 0 aliphatic rings. The molecule has 0 aliphatic heterocycles. The van der Waals surface area contributed by atoms with Crippen LogP contribution < -0.4 is 20.2 Å². The molecule has 2 N–H and O–H groups in total. The van der Waals surface area contributed by atoms with Gasteiger partial charge in [0.2, 0.25) is 0 Å². The second-order valence-electron chi connectivity index (χ2n) is 6.66. The van der Waals surface area contributed by atoms with E-state index in [0.29, 0.717) is 40.0 Å². The molecule has 0 radical (unpaired) electrons. The molecule has 2 aromatic rings. The molecule has 0 aromatic heterocycles. The van der Waals surface area contributed by atoms with Crippen molar-refractivity contribution in [2.75, 3.05) is 20.3 Å². The van der Waals surface area contributed by atoms with Gasteiger partial charge in [-0.05, 0) is 59.9 Å². The van der Waals surface area contributed by atoms with Gasteiger partial charge in [0, 0.05) is 7.05 Å². The SMILES string of the molecule is CNC(=S)NN=Cc1cc(Cl)c(OCCOc2cc(C)ccc2C(C)C)c(Cl)c1. The summed E-state index contributed by atoms with van der Waals surface area (Å²) < 4.78 is 11.7. The van der Waals surface area contributed by atoms with E-state index in [9.17, 15) is 0 Å². The average molecular weight is 454 g/mol. The molecule has 0 saturated carbocycles. The summed E-state index contributed by atoms with van der Waals surface area (Å²) in [7, 11) is 1.71. The number of thiocarbonyl (C=S) groups is 1. The van der Waals surface area contributed by atoms with Crippen LogP contribution in [0.4, 0.5) is 0 Å². The van der Waals surface area contributed by atoms with Crippen LogP contribution in [-0.2, 0) is 0 Å².